The summed E-state index contributed by atoms with van der Waals surface area (Å²) in [5.41, 5.74) is 0. The molecular weight excluding hydrogens is 817 g/mol. The highest BCUT2D eigenvalue weighted by atomic mass is 16.6. The van der Waals surface area contributed by atoms with Gasteiger partial charge in [-0.1, -0.05) is 256 Å². The Bertz CT molecular complexity index is 1110. The smallest absolute Gasteiger partial charge is 0.306 e. The van der Waals surface area contributed by atoms with Crippen LogP contribution in [0.5, 0.6) is 0 Å². The van der Waals surface area contributed by atoms with Gasteiger partial charge in [-0.15, -0.1) is 0 Å². The third-order valence-corrected chi connectivity index (χ3v) is 12.9. The minimum Gasteiger partial charge on any atom is -0.462 e. The van der Waals surface area contributed by atoms with E-state index in [1.807, 2.05) is 0 Å². The third kappa shape index (κ3) is 52.6. The monoisotopic (exact) mass is 927 g/mol. The van der Waals surface area contributed by atoms with Crippen molar-refractivity contribution in [3.05, 3.63) is 36.5 Å². The van der Waals surface area contributed by atoms with E-state index in [-0.39, 0.29) is 31.1 Å². The van der Waals surface area contributed by atoms with Crippen molar-refractivity contribution in [1.82, 2.24) is 0 Å². The number of esters is 3. The summed E-state index contributed by atoms with van der Waals surface area (Å²) in [7, 11) is 0. The molecule has 1 unspecified atom stereocenters. The Morgan fingerprint density at radius 2 is 0.561 bits per heavy atom. The lowest BCUT2D eigenvalue weighted by molar-refractivity contribution is -0.167. The molecule has 6 nitrogen and oxygen atoms in total. The standard InChI is InChI=1S/C60H110O6/c1-4-7-10-13-16-19-22-25-28-29-30-31-33-35-38-41-44-47-50-53-59(62)65-56-57(55-64-58(61)52-49-46-43-40-37-34-27-24-21-18-15-12-9-6-3)66-60(63)54-51-48-45-42-39-36-32-26-23-20-17-14-11-8-5-2/h15,18,24-25,27-28,57H,4-14,16-17,19-23,26,29-56H2,1-3H3/b18-15-,27-24-,28-25-. The van der Waals surface area contributed by atoms with Gasteiger partial charge in [-0.3, -0.25) is 14.4 Å². The SMILES string of the molecule is CCCC/C=C\C/C=C\CCCCCCCC(=O)OCC(COC(=O)CCCCCCCCCCC/C=C\CCCCCCCC)OC(=O)CCCCCCCCCCCCCCCCC. The molecule has 66 heavy (non-hydrogen) atoms. The molecule has 0 saturated carbocycles. The van der Waals surface area contributed by atoms with Crippen LogP contribution in [0, 0.1) is 0 Å². The fourth-order valence-corrected chi connectivity index (χ4v) is 8.46. The molecule has 0 aliphatic heterocycles. The van der Waals surface area contributed by atoms with Crippen molar-refractivity contribution in [2.75, 3.05) is 13.2 Å². The topological polar surface area (TPSA) is 78.9 Å². The first-order chi connectivity index (χ1) is 32.5. The van der Waals surface area contributed by atoms with Gasteiger partial charge in [-0.2, -0.15) is 0 Å². The van der Waals surface area contributed by atoms with Crippen LogP contribution in [0.15, 0.2) is 36.5 Å². The predicted octanol–water partition coefficient (Wildman–Crippen LogP) is 19.3. The van der Waals surface area contributed by atoms with Crippen LogP contribution >= 0.6 is 0 Å². The lowest BCUT2D eigenvalue weighted by atomic mass is 10.0. The maximum Gasteiger partial charge on any atom is 0.306 e. The Morgan fingerprint density at radius 1 is 0.303 bits per heavy atom. The molecule has 0 radical (unpaired) electrons. The lowest BCUT2D eigenvalue weighted by Gasteiger charge is -2.18. The van der Waals surface area contributed by atoms with E-state index >= 15 is 0 Å². The van der Waals surface area contributed by atoms with E-state index in [1.165, 1.54) is 193 Å². The maximum atomic E-state index is 12.8. The highest BCUT2D eigenvalue weighted by Gasteiger charge is 2.19. The summed E-state index contributed by atoms with van der Waals surface area (Å²) in [6.45, 7) is 6.62. The van der Waals surface area contributed by atoms with E-state index < -0.39 is 6.10 Å². The highest BCUT2D eigenvalue weighted by Crippen LogP contribution is 2.16. The van der Waals surface area contributed by atoms with Crippen molar-refractivity contribution < 1.29 is 28.6 Å². The Morgan fingerprint density at radius 3 is 0.894 bits per heavy atom. The van der Waals surface area contributed by atoms with Crippen molar-refractivity contribution in [2.24, 2.45) is 0 Å². The van der Waals surface area contributed by atoms with E-state index in [1.54, 1.807) is 0 Å². The van der Waals surface area contributed by atoms with Gasteiger partial charge in [0.05, 0.1) is 0 Å². The van der Waals surface area contributed by atoms with Gasteiger partial charge in [0, 0.05) is 19.3 Å². The zero-order chi connectivity index (χ0) is 47.9. The Kier molecular flexibility index (Phi) is 53.2. The highest BCUT2D eigenvalue weighted by molar-refractivity contribution is 5.71. The first-order valence-electron chi connectivity index (χ1n) is 29.0. The van der Waals surface area contributed by atoms with E-state index in [9.17, 15) is 14.4 Å². The zero-order valence-electron chi connectivity index (χ0n) is 44.2. The van der Waals surface area contributed by atoms with E-state index in [4.69, 9.17) is 14.2 Å². The van der Waals surface area contributed by atoms with Crippen molar-refractivity contribution in [2.45, 2.75) is 316 Å². The molecule has 0 aromatic carbocycles. The molecule has 0 N–H and O–H groups in total. The fraction of sp³-hybridized carbons (Fsp3) is 0.850. The van der Waals surface area contributed by atoms with Crippen LogP contribution in [0.3, 0.4) is 0 Å². The van der Waals surface area contributed by atoms with Gasteiger partial charge in [0.15, 0.2) is 6.10 Å². The molecule has 6 heteroatoms. The average molecular weight is 928 g/mol. The summed E-state index contributed by atoms with van der Waals surface area (Å²) in [5.74, 6) is -0.873. The molecule has 0 amide bonds. The van der Waals surface area contributed by atoms with Gasteiger partial charge in [0.2, 0.25) is 0 Å². The van der Waals surface area contributed by atoms with Gasteiger partial charge in [-0.05, 0) is 70.6 Å². The van der Waals surface area contributed by atoms with Crippen LogP contribution in [-0.4, -0.2) is 37.2 Å². The van der Waals surface area contributed by atoms with Gasteiger partial charge >= 0.3 is 17.9 Å². The fourth-order valence-electron chi connectivity index (χ4n) is 8.46. The summed E-state index contributed by atoms with van der Waals surface area (Å²) < 4.78 is 16.9. The normalized spacial score (nSPS) is 12.2. The number of unbranched alkanes of at least 4 members (excludes halogenated alkanes) is 36. The van der Waals surface area contributed by atoms with Gasteiger partial charge in [0.1, 0.15) is 13.2 Å². The molecular formula is C60H110O6. The molecule has 0 aromatic rings. The zero-order valence-corrected chi connectivity index (χ0v) is 44.2. The Balaban J connectivity index is 4.33. The molecule has 0 fully saturated rings. The second-order valence-electron chi connectivity index (χ2n) is 19.6. The second kappa shape index (κ2) is 55.2. The van der Waals surface area contributed by atoms with Crippen LogP contribution < -0.4 is 0 Å². The van der Waals surface area contributed by atoms with Crippen LogP contribution in [0.2, 0.25) is 0 Å². The average Bonchev–Trinajstić information content (AvgIpc) is 3.31. The second-order valence-corrected chi connectivity index (χ2v) is 19.6. The molecule has 0 aromatic heterocycles. The maximum absolute atomic E-state index is 12.8. The summed E-state index contributed by atoms with van der Waals surface area (Å²) in [4.78, 5) is 38.1. The summed E-state index contributed by atoms with van der Waals surface area (Å²) in [6.07, 6.45) is 65.6. The van der Waals surface area contributed by atoms with Crippen molar-refractivity contribution in [3.8, 4) is 0 Å². The third-order valence-electron chi connectivity index (χ3n) is 12.9. The van der Waals surface area contributed by atoms with Gasteiger partial charge < -0.3 is 14.2 Å². The number of carbonyl (C=O) groups is 3. The summed E-state index contributed by atoms with van der Waals surface area (Å²) >= 11 is 0. The number of hydrogen-bond donors (Lipinski definition) is 0. The van der Waals surface area contributed by atoms with E-state index in [0.29, 0.717) is 19.3 Å². The largest absolute Gasteiger partial charge is 0.462 e. The quantitative estimate of drug-likeness (QED) is 0.0262. The molecule has 0 aliphatic rings. The van der Waals surface area contributed by atoms with Gasteiger partial charge in [0.25, 0.3) is 0 Å². The molecule has 0 saturated heterocycles. The molecule has 1 atom stereocenters. The lowest BCUT2D eigenvalue weighted by Crippen LogP contribution is -2.30. The molecule has 0 spiro atoms. The molecule has 386 valence electrons. The van der Waals surface area contributed by atoms with Crippen molar-refractivity contribution in [1.29, 1.82) is 0 Å². The Hall–Kier alpha value is -2.37. The number of allylic oxidation sites excluding steroid dienone is 6. The summed E-state index contributed by atoms with van der Waals surface area (Å²) in [6, 6.07) is 0. The first-order valence-corrected chi connectivity index (χ1v) is 29.0. The molecule has 0 heterocycles. The number of ether oxygens (including phenoxy) is 3. The minimum atomic E-state index is -0.775. The Labute approximate surface area is 410 Å². The van der Waals surface area contributed by atoms with Crippen LogP contribution in [-0.2, 0) is 28.6 Å². The number of hydrogen-bond acceptors (Lipinski definition) is 6. The van der Waals surface area contributed by atoms with Crippen LogP contribution in [0.1, 0.15) is 310 Å². The first kappa shape index (κ1) is 63.6. The summed E-state index contributed by atoms with van der Waals surface area (Å²) in [5, 5.41) is 0. The number of rotatable bonds is 53. The predicted molar refractivity (Wildman–Crippen MR) is 284 cm³/mol. The molecule has 0 aliphatic carbocycles. The van der Waals surface area contributed by atoms with Crippen LogP contribution in [0.25, 0.3) is 0 Å². The van der Waals surface area contributed by atoms with Crippen molar-refractivity contribution >= 4 is 17.9 Å². The van der Waals surface area contributed by atoms with E-state index in [0.717, 1.165) is 77.0 Å². The molecule has 0 bridgehead atoms. The van der Waals surface area contributed by atoms with Crippen molar-refractivity contribution in [3.63, 3.8) is 0 Å². The van der Waals surface area contributed by atoms with E-state index in [2.05, 4.69) is 57.2 Å². The minimum absolute atomic E-state index is 0.0742. The van der Waals surface area contributed by atoms with Crippen LogP contribution in [0.4, 0.5) is 0 Å². The molecule has 0 rings (SSSR count). The van der Waals surface area contributed by atoms with Gasteiger partial charge in [-0.25, -0.2) is 0 Å². The number of carbonyl (C=O) groups excluding carboxylic acids is 3.